The Bertz CT molecular complexity index is 890. The molecule has 2 aromatic carbocycles. The highest BCUT2D eigenvalue weighted by molar-refractivity contribution is 6.30. The third kappa shape index (κ3) is 3.26. The van der Waals surface area contributed by atoms with E-state index in [2.05, 4.69) is 10.3 Å². The Morgan fingerprint density at radius 2 is 1.75 bits per heavy atom. The van der Waals surface area contributed by atoms with Gasteiger partial charge in [0.15, 0.2) is 5.69 Å². The minimum absolute atomic E-state index is 0.0348. The van der Waals surface area contributed by atoms with Gasteiger partial charge in [0.25, 0.3) is 0 Å². The predicted molar refractivity (Wildman–Crippen MR) is 82.9 cm³/mol. The van der Waals surface area contributed by atoms with Crippen LogP contribution in [0.5, 0.6) is 0 Å². The maximum atomic E-state index is 13.3. The maximum Gasteiger partial charge on any atom is 0.358 e. The Kier molecular flexibility index (Phi) is 4.26. The number of aromatic carboxylic acids is 1. The molecule has 0 radical (unpaired) electrons. The molecule has 0 unspecified atom stereocenters. The summed E-state index contributed by atoms with van der Waals surface area (Å²) in [6.07, 6.45) is 0. The van der Waals surface area contributed by atoms with Gasteiger partial charge >= 0.3 is 5.97 Å². The molecule has 0 aliphatic heterocycles. The number of rotatable bonds is 4. The summed E-state index contributed by atoms with van der Waals surface area (Å²) in [5.74, 6) is -2.70. The van der Waals surface area contributed by atoms with E-state index in [0.717, 1.165) is 18.2 Å². The summed E-state index contributed by atoms with van der Waals surface area (Å²) in [4.78, 5) is 11.4. The first-order valence-electron chi connectivity index (χ1n) is 6.82. The lowest BCUT2D eigenvalue weighted by molar-refractivity contribution is 0.0691. The first-order valence-corrected chi connectivity index (χ1v) is 7.19. The van der Waals surface area contributed by atoms with Crippen molar-refractivity contribution < 1.29 is 18.7 Å². The Balaban J connectivity index is 2.08. The highest BCUT2D eigenvalue weighted by Crippen LogP contribution is 2.25. The van der Waals surface area contributed by atoms with Gasteiger partial charge < -0.3 is 5.11 Å². The van der Waals surface area contributed by atoms with Crippen LogP contribution in [0.4, 0.5) is 8.78 Å². The van der Waals surface area contributed by atoms with E-state index in [0.29, 0.717) is 16.1 Å². The van der Waals surface area contributed by atoms with E-state index in [4.69, 9.17) is 11.6 Å². The molecule has 8 heteroatoms. The van der Waals surface area contributed by atoms with Crippen LogP contribution in [0.25, 0.3) is 11.3 Å². The molecule has 0 atom stereocenters. The monoisotopic (exact) mass is 349 g/mol. The number of halogens is 3. The lowest BCUT2D eigenvalue weighted by Gasteiger charge is -2.08. The fourth-order valence-electron chi connectivity index (χ4n) is 2.34. The van der Waals surface area contributed by atoms with Gasteiger partial charge in [-0.05, 0) is 29.8 Å². The van der Waals surface area contributed by atoms with Crippen LogP contribution in [-0.2, 0) is 6.54 Å². The predicted octanol–water partition coefficient (Wildman–Crippen LogP) is 3.62. The fraction of sp³-hybridized carbons (Fsp3) is 0.0625. The van der Waals surface area contributed by atoms with Crippen LogP contribution in [0.1, 0.15) is 16.1 Å². The normalized spacial score (nSPS) is 10.8. The van der Waals surface area contributed by atoms with Crippen LogP contribution in [-0.4, -0.2) is 26.1 Å². The lowest BCUT2D eigenvalue weighted by Crippen LogP contribution is -2.06. The average Bonchev–Trinajstić information content (AvgIpc) is 2.91. The summed E-state index contributed by atoms with van der Waals surface area (Å²) in [5, 5.41) is 17.2. The van der Waals surface area contributed by atoms with Gasteiger partial charge in [0, 0.05) is 16.7 Å². The summed E-state index contributed by atoms with van der Waals surface area (Å²) in [7, 11) is 0. The molecule has 0 amide bonds. The first-order chi connectivity index (χ1) is 11.4. The van der Waals surface area contributed by atoms with E-state index < -0.39 is 17.6 Å². The maximum absolute atomic E-state index is 13.3. The zero-order valence-electron chi connectivity index (χ0n) is 12.1. The molecule has 0 fully saturated rings. The molecule has 24 heavy (non-hydrogen) atoms. The van der Waals surface area contributed by atoms with Crippen LogP contribution in [0.3, 0.4) is 0 Å². The minimum Gasteiger partial charge on any atom is -0.476 e. The third-order valence-corrected chi connectivity index (χ3v) is 3.56. The van der Waals surface area contributed by atoms with Crippen LogP contribution >= 0.6 is 11.6 Å². The van der Waals surface area contributed by atoms with Crippen molar-refractivity contribution >= 4 is 17.6 Å². The molecule has 3 aromatic rings. The topological polar surface area (TPSA) is 68.0 Å². The second kappa shape index (κ2) is 6.37. The molecular formula is C16H10ClF2N3O2. The van der Waals surface area contributed by atoms with Gasteiger partial charge in [0.2, 0.25) is 0 Å². The molecule has 3 rings (SSSR count). The lowest BCUT2D eigenvalue weighted by atomic mass is 10.1. The summed E-state index contributed by atoms with van der Waals surface area (Å²) < 4.78 is 28.0. The van der Waals surface area contributed by atoms with Crippen LogP contribution < -0.4 is 0 Å². The van der Waals surface area contributed by atoms with Crippen molar-refractivity contribution in [3.05, 3.63) is 70.4 Å². The molecule has 0 bridgehead atoms. The molecule has 1 heterocycles. The molecule has 1 N–H and O–H groups in total. The number of aromatic nitrogens is 3. The number of carboxylic acids is 1. The number of hydrogen-bond acceptors (Lipinski definition) is 3. The average molecular weight is 350 g/mol. The molecule has 0 aliphatic carbocycles. The Morgan fingerprint density at radius 3 is 2.33 bits per heavy atom. The molecular weight excluding hydrogens is 340 g/mol. The fourth-order valence-corrected chi connectivity index (χ4v) is 2.46. The van der Waals surface area contributed by atoms with Crippen molar-refractivity contribution in [2.45, 2.75) is 6.54 Å². The molecule has 5 nitrogen and oxygen atoms in total. The minimum atomic E-state index is -1.25. The standard InChI is InChI=1S/C16H10ClF2N3O2/c17-11-3-1-10(2-4-11)15-14(16(23)24)20-21-22(15)8-9-5-12(18)7-13(19)6-9/h1-7H,8H2,(H,23,24). The molecule has 0 saturated carbocycles. The van der Waals surface area contributed by atoms with Gasteiger partial charge in [0.05, 0.1) is 6.54 Å². The van der Waals surface area contributed by atoms with Crippen molar-refractivity contribution in [2.75, 3.05) is 0 Å². The Hall–Kier alpha value is -2.80. The zero-order chi connectivity index (χ0) is 17.3. The SMILES string of the molecule is O=C(O)c1nnn(Cc2cc(F)cc(F)c2)c1-c1ccc(Cl)cc1. The highest BCUT2D eigenvalue weighted by Gasteiger charge is 2.21. The van der Waals surface area contributed by atoms with Gasteiger partial charge in [-0.15, -0.1) is 5.10 Å². The molecule has 0 saturated heterocycles. The van der Waals surface area contributed by atoms with Gasteiger partial charge in [-0.2, -0.15) is 0 Å². The number of carbonyl (C=O) groups is 1. The van der Waals surface area contributed by atoms with E-state index >= 15 is 0 Å². The van der Waals surface area contributed by atoms with Crippen molar-refractivity contribution in [2.24, 2.45) is 0 Å². The van der Waals surface area contributed by atoms with Crippen molar-refractivity contribution in [3.63, 3.8) is 0 Å². The molecule has 0 aliphatic rings. The van der Waals surface area contributed by atoms with E-state index in [9.17, 15) is 18.7 Å². The van der Waals surface area contributed by atoms with Gasteiger partial charge in [-0.25, -0.2) is 18.3 Å². The van der Waals surface area contributed by atoms with E-state index in [-0.39, 0.29) is 17.9 Å². The van der Waals surface area contributed by atoms with Gasteiger partial charge in [-0.1, -0.05) is 28.9 Å². The van der Waals surface area contributed by atoms with E-state index in [1.54, 1.807) is 24.3 Å². The van der Waals surface area contributed by atoms with Crippen molar-refractivity contribution in [1.29, 1.82) is 0 Å². The Labute approximate surface area is 140 Å². The number of carboxylic acid groups (broad SMARTS) is 1. The summed E-state index contributed by atoms with van der Waals surface area (Å²) in [6, 6.07) is 9.50. The van der Waals surface area contributed by atoms with Crippen LogP contribution in [0, 0.1) is 11.6 Å². The molecule has 0 spiro atoms. The molecule has 122 valence electrons. The number of nitrogens with zero attached hydrogens (tertiary/aromatic N) is 3. The number of benzene rings is 2. The van der Waals surface area contributed by atoms with E-state index in [1.807, 2.05) is 0 Å². The first kappa shape index (κ1) is 16.1. The van der Waals surface area contributed by atoms with Crippen LogP contribution in [0.2, 0.25) is 5.02 Å². The highest BCUT2D eigenvalue weighted by atomic mass is 35.5. The number of hydrogen-bond donors (Lipinski definition) is 1. The van der Waals surface area contributed by atoms with Gasteiger partial charge in [-0.3, -0.25) is 0 Å². The quantitative estimate of drug-likeness (QED) is 0.781. The smallest absolute Gasteiger partial charge is 0.358 e. The summed E-state index contributed by atoms with van der Waals surface area (Å²) in [5.41, 5.74) is 0.793. The van der Waals surface area contributed by atoms with Crippen LogP contribution in [0.15, 0.2) is 42.5 Å². The second-order valence-electron chi connectivity index (χ2n) is 5.03. The Morgan fingerprint density at radius 1 is 1.12 bits per heavy atom. The van der Waals surface area contributed by atoms with E-state index in [1.165, 1.54) is 4.68 Å². The third-order valence-electron chi connectivity index (χ3n) is 3.31. The largest absolute Gasteiger partial charge is 0.476 e. The second-order valence-corrected chi connectivity index (χ2v) is 5.47. The summed E-state index contributed by atoms with van der Waals surface area (Å²) >= 11 is 5.84. The molecule has 1 aromatic heterocycles. The summed E-state index contributed by atoms with van der Waals surface area (Å²) in [6.45, 7) is -0.0348. The zero-order valence-corrected chi connectivity index (χ0v) is 12.8. The van der Waals surface area contributed by atoms with Gasteiger partial charge in [0.1, 0.15) is 17.3 Å². The van der Waals surface area contributed by atoms with Crippen molar-refractivity contribution in [3.8, 4) is 11.3 Å². The van der Waals surface area contributed by atoms with Crippen molar-refractivity contribution in [1.82, 2.24) is 15.0 Å².